The summed E-state index contributed by atoms with van der Waals surface area (Å²) in [7, 11) is 0. The number of hydrogen-bond acceptors (Lipinski definition) is 4. The summed E-state index contributed by atoms with van der Waals surface area (Å²) in [6, 6.07) is 60.7. The van der Waals surface area contributed by atoms with Gasteiger partial charge in [0.1, 0.15) is 5.82 Å². The van der Waals surface area contributed by atoms with Crippen molar-refractivity contribution in [2.24, 2.45) is 0 Å². The fourth-order valence-corrected chi connectivity index (χ4v) is 8.30. The van der Waals surface area contributed by atoms with Crippen molar-refractivity contribution in [2.75, 3.05) is 0 Å². The van der Waals surface area contributed by atoms with E-state index in [2.05, 4.69) is 149 Å². The molecule has 5 aromatic heterocycles. The number of rotatable bonds is 4. The topological polar surface area (TPSA) is 61.4 Å². The molecule has 0 aliphatic heterocycles. The summed E-state index contributed by atoms with van der Waals surface area (Å²) in [5, 5.41) is 7.85. The average molecular weight is 908 g/mol. The molecule has 12 aromatic rings. The monoisotopic (exact) mass is 907 g/mol. The van der Waals surface area contributed by atoms with Gasteiger partial charge in [-0.2, -0.15) is 6.07 Å². The van der Waals surface area contributed by atoms with Crippen LogP contribution in [0.4, 0.5) is 0 Å². The third-order valence-corrected chi connectivity index (χ3v) is 11.0. The molecule has 0 atom stereocenters. The van der Waals surface area contributed by atoms with Gasteiger partial charge in [-0.25, -0.2) is 4.98 Å². The normalized spacial score (nSPS) is 11.7. The summed E-state index contributed by atoms with van der Waals surface area (Å²) in [5.41, 5.74) is 11.1. The van der Waals surface area contributed by atoms with Crippen molar-refractivity contribution in [3.05, 3.63) is 182 Å². The summed E-state index contributed by atoms with van der Waals surface area (Å²) in [4.78, 5) is 19.9. The second-order valence-corrected chi connectivity index (χ2v) is 14.2. The molecule has 0 aliphatic rings. The largest absolute Gasteiger partial charge is 2.00 e. The number of benzene rings is 7. The zero-order valence-electron chi connectivity index (χ0n) is 30.2. The Morgan fingerprint density at radius 2 is 1.19 bits per heavy atom. The number of aromatic nitrogens is 6. The molecule has 7 aromatic carbocycles. The molecule has 0 aliphatic carbocycles. The van der Waals surface area contributed by atoms with E-state index in [1.54, 1.807) is 0 Å². The summed E-state index contributed by atoms with van der Waals surface area (Å²) in [5.74, 6) is 0.833. The molecule has 0 radical (unpaired) electrons. The maximum Gasteiger partial charge on any atom is 2.00 e. The molecule has 0 N–H and O–H groups in total. The standard InChI is InChI=1S/C50H28N6.Pt/c1-2-10-31(11-3-1)36-17-20-45-40(22-36)39-19-18-38(28-47(39)56(45)49-16-8-9-21-51-49)55-46-26-35-15-7-4-12-32(35)23-41(46)50-48(55)27-37(29-53-50)44-30-52-42-24-33-13-5-6-14-34(33)25-43(42)54-44;/h1-26,29-30H;/q-2;+2. The van der Waals surface area contributed by atoms with Crippen molar-refractivity contribution >= 4 is 76.3 Å². The number of fused-ring (bicyclic) bond motifs is 9. The first-order valence-corrected chi connectivity index (χ1v) is 18.6. The zero-order chi connectivity index (χ0) is 36.7. The van der Waals surface area contributed by atoms with E-state index in [4.69, 9.17) is 19.9 Å². The number of pyridine rings is 2. The second-order valence-electron chi connectivity index (χ2n) is 14.2. The summed E-state index contributed by atoms with van der Waals surface area (Å²) >= 11 is 0. The molecule has 0 fully saturated rings. The molecule has 0 saturated heterocycles. The molecular weight excluding hydrogens is 880 g/mol. The Hall–Kier alpha value is -7.01. The fourth-order valence-electron chi connectivity index (χ4n) is 8.30. The van der Waals surface area contributed by atoms with Crippen molar-refractivity contribution in [1.29, 1.82) is 0 Å². The van der Waals surface area contributed by atoms with Gasteiger partial charge in [-0.1, -0.05) is 121 Å². The first-order valence-electron chi connectivity index (χ1n) is 18.6. The smallest absolute Gasteiger partial charge is 0.350 e. The molecule has 0 amide bonds. The molecule has 7 heteroatoms. The Morgan fingerprint density at radius 3 is 1.98 bits per heavy atom. The molecule has 0 bridgehead atoms. The van der Waals surface area contributed by atoms with Gasteiger partial charge in [-0.15, -0.1) is 29.1 Å². The Kier molecular flexibility index (Phi) is 7.63. The van der Waals surface area contributed by atoms with Gasteiger partial charge in [0, 0.05) is 34.6 Å². The van der Waals surface area contributed by atoms with Crippen LogP contribution in [0, 0.1) is 12.1 Å². The van der Waals surface area contributed by atoms with Crippen LogP contribution in [0.25, 0.3) is 110 Å². The molecule has 0 saturated carbocycles. The summed E-state index contributed by atoms with van der Waals surface area (Å²) in [6.45, 7) is 0. The molecule has 268 valence electrons. The number of nitrogens with zero attached hydrogens (tertiary/aromatic N) is 6. The van der Waals surface area contributed by atoms with Crippen LogP contribution in [0.5, 0.6) is 0 Å². The van der Waals surface area contributed by atoms with Gasteiger partial charge in [0.25, 0.3) is 0 Å². The molecule has 0 spiro atoms. The predicted octanol–water partition coefficient (Wildman–Crippen LogP) is 11.9. The van der Waals surface area contributed by atoms with Crippen LogP contribution < -0.4 is 0 Å². The SMILES string of the molecule is [Pt+2].[c-]1c(-n2c3[c-]c(-c4cnc5cc6ccccc6cc5n4)cnc3c3cc4ccccc4cc32)ccc2c3cc(-c4ccccc4)ccc3n(-c3ccccn3)c12. The van der Waals surface area contributed by atoms with E-state index in [9.17, 15) is 0 Å². The quantitative estimate of drug-likeness (QED) is 0.130. The van der Waals surface area contributed by atoms with Crippen LogP contribution in [0.2, 0.25) is 0 Å². The minimum atomic E-state index is 0. The Balaban J connectivity index is 0.00000374. The van der Waals surface area contributed by atoms with Crippen molar-refractivity contribution in [1.82, 2.24) is 29.1 Å². The minimum absolute atomic E-state index is 0. The van der Waals surface area contributed by atoms with Crippen LogP contribution >= 0.6 is 0 Å². The van der Waals surface area contributed by atoms with Crippen molar-refractivity contribution < 1.29 is 21.1 Å². The van der Waals surface area contributed by atoms with Gasteiger partial charge in [-0.3, -0.25) is 9.97 Å². The van der Waals surface area contributed by atoms with E-state index in [0.29, 0.717) is 5.69 Å². The van der Waals surface area contributed by atoms with E-state index in [1.807, 2.05) is 42.9 Å². The van der Waals surface area contributed by atoms with Crippen molar-refractivity contribution in [3.8, 4) is 33.9 Å². The van der Waals surface area contributed by atoms with Crippen LogP contribution in [0.15, 0.2) is 170 Å². The number of hydrogen-bond donors (Lipinski definition) is 0. The molecule has 6 nitrogen and oxygen atoms in total. The second kappa shape index (κ2) is 13.0. The van der Waals surface area contributed by atoms with E-state index in [1.165, 1.54) is 5.56 Å². The van der Waals surface area contributed by atoms with E-state index in [0.717, 1.165) is 99.0 Å². The van der Waals surface area contributed by atoms with E-state index >= 15 is 0 Å². The van der Waals surface area contributed by atoms with Crippen LogP contribution in [-0.2, 0) is 21.1 Å². The Bertz CT molecular complexity index is 3540. The molecule has 57 heavy (non-hydrogen) atoms. The van der Waals surface area contributed by atoms with E-state index in [-0.39, 0.29) is 21.1 Å². The third kappa shape index (κ3) is 5.29. The van der Waals surface area contributed by atoms with Gasteiger partial charge in [0.15, 0.2) is 0 Å². The van der Waals surface area contributed by atoms with Gasteiger partial charge < -0.3 is 14.1 Å². The van der Waals surface area contributed by atoms with Crippen molar-refractivity contribution in [2.45, 2.75) is 0 Å². The molecule has 5 heterocycles. The minimum Gasteiger partial charge on any atom is -0.350 e. The van der Waals surface area contributed by atoms with Crippen LogP contribution in [-0.4, -0.2) is 29.1 Å². The maximum atomic E-state index is 5.12. The van der Waals surface area contributed by atoms with Gasteiger partial charge in [-0.05, 0) is 85.4 Å². The zero-order valence-corrected chi connectivity index (χ0v) is 32.4. The summed E-state index contributed by atoms with van der Waals surface area (Å²) < 4.78 is 4.46. The fraction of sp³-hybridized carbons (Fsp3) is 0. The van der Waals surface area contributed by atoms with Gasteiger partial charge in [0.2, 0.25) is 0 Å². The van der Waals surface area contributed by atoms with E-state index < -0.39 is 0 Å². The first kappa shape index (κ1) is 33.3. The molecule has 12 rings (SSSR count). The third-order valence-electron chi connectivity index (χ3n) is 11.0. The Morgan fingerprint density at radius 1 is 0.456 bits per heavy atom. The summed E-state index contributed by atoms with van der Waals surface area (Å²) in [6.07, 6.45) is 5.53. The van der Waals surface area contributed by atoms with Gasteiger partial charge >= 0.3 is 21.1 Å². The van der Waals surface area contributed by atoms with Crippen LogP contribution in [0.3, 0.4) is 0 Å². The molecule has 0 unspecified atom stereocenters. The van der Waals surface area contributed by atoms with Gasteiger partial charge in [0.05, 0.1) is 11.0 Å². The predicted molar refractivity (Wildman–Crippen MR) is 227 cm³/mol. The maximum absolute atomic E-state index is 5.12. The Labute approximate surface area is 341 Å². The molecular formula is C50H28N6Pt. The van der Waals surface area contributed by atoms with Crippen molar-refractivity contribution in [3.63, 3.8) is 0 Å². The van der Waals surface area contributed by atoms with Crippen LogP contribution in [0.1, 0.15) is 0 Å². The first-order chi connectivity index (χ1) is 27.7. The average Bonchev–Trinajstić information content (AvgIpc) is 3.76.